The molecule has 108 valence electrons. The second-order valence-corrected chi connectivity index (χ2v) is 7.32. The second-order valence-electron chi connectivity index (χ2n) is 7.32. The van der Waals surface area contributed by atoms with Gasteiger partial charge >= 0.3 is 0 Å². The minimum atomic E-state index is 0.427. The van der Waals surface area contributed by atoms with Crippen LogP contribution < -0.4 is 5.32 Å². The van der Waals surface area contributed by atoms with Crippen molar-refractivity contribution in [2.24, 2.45) is 11.3 Å². The smallest absolute Gasteiger partial charge is 0.00790 e. The molecule has 0 saturated carbocycles. The number of nitrogens with one attached hydrogen (secondary N) is 1. The standard InChI is InChI=1S/C16H34N2/c1-7-15-9-11-18(10-8-14(3)17-15)12-13(2)16(4,5)6/h13-15,17H,7-12H2,1-6H3. The summed E-state index contributed by atoms with van der Waals surface area (Å²) in [7, 11) is 0. The SMILES string of the molecule is CCC1CCN(CC(C)C(C)(C)C)CCC(C)N1. The largest absolute Gasteiger partial charge is 0.311 e. The summed E-state index contributed by atoms with van der Waals surface area (Å²) in [5, 5.41) is 3.75. The molecule has 1 saturated heterocycles. The Labute approximate surface area is 115 Å². The summed E-state index contributed by atoms with van der Waals surface area (Å²) in [6, 6.07) is 1.38. The summed E-state index contributed by atoms with van der Waals surface area (Å²) >= 11 is 0. The molecule has 1 N–H and O–H groups in total. The van der Waals surface area contributed by atoms with Crippen molar-refractivity contribution in [1.29, 1.82) is 0 Å². The molecule has 1 aliphatic rings. The topological polar surface area (TPSA) is 15.3 Å². The van der Waals surface area contributed by atoms with Gasteiger partial charge < -0.3 is 10.2 Å². The van der Waals surface area contributed by atoms with Crippen LogP contribution in [0.3, 0.4) is 0 Å². The molecule has 0 amide bonds. The molecule has 0 aromatic heterocycles. The van der Waals surface area contributed by atoms with Crippen LogP contribution in [0.15, 0.2) is 0 Å². The molecule has 0 spiro atoms. The zero-order valence-corrected chi connectivity index (χ0v) is 13.4. The van der Waals surface area contributed by atoms with E-state index < -0.39 is 0 Å². The quantitative estimate of drug-likeness (QED) is 0.829. The lowest BCUT2D eigenvalue weighted by molar-refractivity contribution is 0.141. The van der Waals surface area contributed by atoms with E-state index in [1.807, 2.05) is 0 Å². The van der Waals surface area contributed by atoms with Gasteiger partial charge in [0.1, 0.15) is 0 Å². The number of nitrogens with zero attached hydrogens (tertiary/aromatic N) is 1. The molecule has 3 atom stereocenters. The first kappa shape index (κ1) is 16.0. The highest BCUT2D eigenvalue weighted by molar-refractivity contribution is 4.80. The van der Waals surface area contributed by atoms with Gasteiger partial charge in [-0.3, -0.25) is 0 Å². The third-order valence-electron chi connectivity index (χ3n) is 4.70. The van der Waals surface area contributed by atoms with Crippen molar-refractivity contribution >= 4 is 0 Å². The predicted molar refractivity (Wildman–Crippen MR) is 81.0 cm³/mol. The highest BCUT2D eigenvalue weighted by Gasteiger charge is 2.24. The molecule has 0 aliphatic carbocycles. The van der Waals surface area contributed by atoms with Gasteiger partial charge in [-0.1, -0.05) is 34.6 Å². The molecule has 3 unspecified atom stereocenters. The second kappa shape index (κ2) is 6.91. The van der Waals surface area contributed by atoms with Crippen molar-refractivity contribution in [2.45, 2.75) is 72.9 Å². The minimum absolute atomic E-state index is 0.427. The Balaban J connectivity index is 2.50. The van der Waals surface area contributed by atoms with Gasteiger partial charge in [-0.25, -0.2) is 0 Å². The van der Waals surface area contributed by atoms with E-state index in [-0.39, 0.29) is 0 Å². The van der Waals surface area contributed by atoms with Gasteiger partial charge in [-0.15, -0.1) is 0 Å². The van der Waals surface area contributed by atoms with E-state index in [9.17, 15) is 0 Å². The van der Waals surface area contributed by atoms with Crippen LogP contribution in [0.1, 0.15) is 60.8 Å². The Morgan fingerprint density at radius 2 is 1.83 bits per heavy atom. The summed E-state index contributed by atoms with van der Waals surface area (Å²) in [4.78, 5) is 2.69. The predicted octanol–water partition coefficient (Wildman–Crippen LogP) is 3.52. The zero-order chi connectivity index (χ0) is 13.8. The van der Waals surface area contributed by atoms with E-state index >= 15 is 0 Å². The van der Waals surface area contributed by atoms with Gasteiger partial charge in [-0.2, -0.15) is 0 Å². The maximum atomic E-state index is 3.75. The molecule has 0 bridgehead atoms. The molecule has 0 aromatic rings. The van der Waals surface area contributed by atoms with Crippen LogP contribution in [-0.4, -0.2) is 36.6 Å². The van der Waals surface area contributed by atoms with Gasteiger partial charge in [0.25, 0.3) is 0 Å². The lowest BCUT2D eigenvalue weighted by Gasteiger charge is -2.36. The highest BCUT2D eigenvalue weighted by Crippen LogP contribution is 2.26. The number of rotatable bonds is 3. The fourth-order valence-electron chi connectivity index (χ4n) is 2.56. The van der Waals surface area contributed by atoms with Gasteiger partial charge in [0.2, 0.25) is 0 Å². The monoisotopic (exact) mass is 254 g/mol. The first-order chi connectivity index (χ1) is 8.32. The van der Waals surface area contributed by atoms with E-state index in [0.717, 1.165) is 5.92 Å². The van der Waals surface area contributed by atoms with Gasteiger partial charge in [0.15, 0.2) is 0 Å². The molecule has 2 heteroatoms. The Bertz CT molecular complexity index is 232. The molecule has 0 aromatic carbocycles. The lowest BCUT2D eigenvalue weighted by Crippen LogP contribution is -2.45. The van der Waals surface area contributed by atoms with Crippen LogP contribution in [0.4, 0.5) is 0 Å². The summed E-state index contributed by atoms with van der Waals surface area (Å²) in [6.45, 7) is 17.9. The van der Waals surface area contributed by atoms with Crippen LogP contribution in [0.5, 0.6) is 0 Å². The molecule has 2 nitrogen and oxygen atoms in total. The van der Waals surface area contributed by atoms with E-state index in [1.54, 1.807) is 0 Å². The van der Waals surface area contributed by atoms with Crippen molar-refractivity contribution in [3.63, 3.8) is 0 Å². The summed E-state index contributed by atoms with van der Waals surface area (Å²) < 4.78 is 0. The Hall–Kier alpha value is -0.0800. The molecule has 18 heavy (non-hydrogen) atoms. The number of hydrogen-bond acceptors (Lipinski definition) is 2. The van der Waals surface area contributed by atoms with Crippen molar-refractivity contribution in [2.75, 3.05) is 19.6 Å². The Kier molecular flexibility index (Phi) is 6.13. The molecular formula is C16H34N2. The van der Waals surface area contributed by atoms with Gasteiger partial charge in [0, 0.05) is 18.6 Å². The zero-order valence-electron chi connectivity index (χ0n) is 13.4. The molecule has 1 fully saturated rings. The normalized spacial score (nSPS) is 29.7. The van der Waals surface area contributed by atoms with Crippen LogP contribution in [0.2, 0.25) is 0 Å². The van der Waals surface area contributed by atoms with Gasteiger partial charge in [-0.05, 0) is 50.6 Å². The van der Waals surface area contributed by atoms with Crippen molar-refractivity contribution in [1.82, 2.24) is 10.2 Å². The van der Waals surface area contributed by atoms with Crippen LogP contribution in [0, 0.1) is 11.3 Å². The molecular weight excluding hydrogens is 220 g/mol. The van der Waals surface area contributed by atoms with Crippen molar-refractivity contribution < 1.29 is 0 Å². The average Bonchev–Trinajstić information content (AvgIpc) is 2.26. The van der Waals surface area contributed by atoms with Crippen LogP contribution in [-0.2, 0) is 0 Å². The first-order valence-corrected chi connectivity index (χ1v) is 7.81. The van der Waals surface area contributed by atoms with Crippen LogP contribution >= 0.6 is 0 Å². The maximum Gasteiger partial charge on any atom is 0.00790 e. The lowest BCUT2D eigenvalue weighted by atomic mass is 9.81. The van der Waals surface area contributed by atoms with Crippen molar-refractivity contribution in [3.8, 4) is 0 Å². The maximum absolute atomic E-state index is 3.75. The summed E-state index contributed by atoms with van der Waals surface area (Å²) in [5.41, 5.74) is 0.427. The fraction of sp³-hybridized carbons (Fsp3) is 1.00. The fourth-order valence-corrected chi connectivity index (χ4v) is 2.56. The van der Waals surface area contributed by atoms with E-state index in [4.69, 9.17) is 0 Å². The van der Waals surface area contributed by atoms with Crippen molar-refractivity contribution in [3.05, 3.63) is 0 Å². The molecule has 1 rings (SSSR count). The summed E-state index contributed by atoms with van der Waals surface area (Å²) in [6.07, 6.45) is 3.85. The van der Waals surface area contributed by atoms with E-state index in [2.05, 4.69) is 51.8 Å². The highest BCUT2D eigenvalue weighted by atomic mass is 15.1. The first-order valence-electron chi connectivity index (χ1n) is 7.81. The minimum Gasteiger partial charge on any atom is -0.311 e. The van der Waals surface area contributed by atoms with E-state index in [1.165, 1.54) is 38.9 Å². The molecule has 1 heterocycles. The Morgan fingerprint density at radius 3 is 2.39 bits per heavy atom. The molecule has 0 radical (unpaired) electrons. The van der Waals surface area contributed by atoms with Gasteiger partial charge in [0.05, 0.1) is 0 Å². The summed E-state index contributed by atoms with van der Waals surface area (Å²) in [5.74, 6) is 0.764. The molecule has 1 aliphatic heterocycles. The third-order valence-corrected chi connectivity index (χ3v) is 4.70. The van der Waals surface area contributed by atoms with E-state index in [0.29, 0.717) is 17.5 Å². The third kappa shape index (κ3) is 5.27. The van der Waals surface area contributed by atoms with Crippen LogP contribution in [0.25, 0.3) is 0 Å². The Morgan fingerprint density at radius 1 is 1.22 bits per heavy atom. The number of hydrogen-bond donors (Lipinski definition) is 1. The average molecular weight is 254 g/mol.